The van der Waals surface area contributed by atoms with Crippen molar-refractivity contribution >= 4 is 10.0 Å². The Morgan fingerprint density at radius 3 is 2.45 bits per heavy atom. The molecule has 0 aliphatic rings. The Balaban J connectivity index is 2.39. The minimum atomic E-state index is -3.60. The average molecular weight is 321 g/mol. The van der Waals surface area contributed by atoms with Crippen molar-refractivity contribution in [1.29, 1.82) is 0 Å². The lowest BCUT2D eigenvalue weighted by Crippen LogP contribution is -2.31. The molecule has 0 aliphatic heterocycles. The fraction of sp³-hybridized carbons (Fsp3) is 0.294. The number of aryl methyl sites for hydroxylation is 2. The Labute approximate surface area is 131 Å². The molecule has 22 heavy (non-hydrogen) atoms. The van der Waals surface area contributed by atoms with E-state index < -0.39 is 10.0 Å². The molecule has 2 aromatic carbocycles. The molecule has 118 valence electrons. The van der Waals surface area contributed by atoms with E-state index in [0.717, 1.165) is 5.56 Å². The predicted molar refractivity (Wildman–Crippen MR) is 85.6 cm³/mol. The van der Waals surface area contributed by atoms with Gasteiger partial charge in [0, 0.05) is 13.1 Å². The van der Waals surface area contributed by atoms with Gasteiger partial charge in [-0.05, 0) is 48.7 Å². The van der Waals surface area contributed by atoms with Crippen molar-refractivity contribution in [1.82, 2.24) is 4.31 Å². The Kier molecular flexibility index (Phi) is 4.98. The van der Waals surface area contributed by atoms with E-state index in [0.29, 0.717) is 22.6 Å². The van der Waals surface area contributed by atoms with Crippen LogP contribution in [-0.2, 0) is 16.6 Å². The van der Waals surface area contributed by atoms with Crippen LogP contribution in [0.5, 0.6) is 0 Å². The monoisotopic (exact) mass is 321 g/mol. The molecule has 0 N–H and O–H groups in total. The zero-order valence-corrected chi connectivity index (χ0v) is 13.8. The number of sulfonamides is 1. The molecule has 0 saturated carbocycles. The summed E-state index contributed by atoms with van der Waals surface area (Å²) in [5, 5.41) is 0. The molecule has 0 fully saturated rings. The molecule has 0 atom stereocenters. The third-order valence-electron chi connectivity index (χ3n) is 3.56. The molecule has 0 heterocycles. The van der Waals surface area contributed by atoms with Crippen molar-refractivity contribution in [3.8, 4) is 0 Å². The van der Waals surface area contributed by atoms with E-state index in [-0.39, 0.29) is 12.4 Å². The maximum Gasteiger partial charge on any atom is 0.243 e. The highest BCUT2D eigenvalue weighted by atomic mass is 32.2. The molecule has 0 aromatic heterocycles. The van der Waals surface area contributed by atoms with Crippen LogP contribution in [-0.4, -0.2) is 19.3 Å². The minimum Gasteiger partial charge on any atom is -0.207 e. The average Bonchev–Trinajstić information content (AvgIpc) is 2.47. The van der Waals surface area contributed by atoms with Gasteiger partial charge < -0.3 is 0 Å². The number of halogens is 1. The lowest BCUT2D eigenvalue weighted by atomic mass is 10.2. The molecule has 3 nitrogen and oxygen atoms in total. The molecular formula is C17H20FNO2S. The van der Waals surface area contributed by atoms with Gasteiger partial charge in [0.2, 0.25) is 10.0 Å². The van der Waals surface area contributed by atoms with Crippen molar-refractivity contribution in [3.63, 3.8) is 0 Å². The summed E-state index contributed by atoms with van der Waals surface area (Å²) in [5.74, 6) is -0.363. The van der Waals surface area contributed by atoms with Crippen molar-refractivity contribution in [2.45, 2.75) is 32.2 Å². The topological polar surface area (TPSA) is 37.4 Å². The van der Waals surface area contributed by atoms with Gasteiger partial charge in [0.1, 0.15) is 5.82 Å². The third kappa shape index (κ3) is 3.54. The van der Waals surface area contributed by atoms with E-state index >= 15 is 0 Å². The second-order valence-corrected chi connectivity index (χ2v) is 7.24. The lowest BCUT2D eigenvalue weighted by Gasteiger charge is -2.22. The smallest absolute Gasteiger partial charge is 0.207 e. The Morgan fingerprint density at radius 1 is 1.09 bits per heavy atom. The quantitative estimate of drug-likeness (QED) is 0.843. The van der Waals surface area contributed by atoms with Crippen LogP contribution in [0.4, 0.5) is 4.39 Å². The number of hydrogen-bond donors (Lipinski definition) is 0. The third-order valence-corrected chi connectivity index (χ3v) is 5.62. The zero-order chi connectivity index (χ0) is 16.3. The summed E-state index contributed by atoms with van der Waals surface area (Å²) in [6, 6.07) is 11.4. The maximum absolute atomic E-state index is 13.3. The van der Waals surface area contributed by atoms with Crippen LogP contribution in [0.15, 0.2) is 47.4 Å². The van der Waals surface area contributed by atoms with E-state index in [4.69, 9.17) is 0 Å². The first-order chi connectivity index (χ1) is 10.3. The summed E-state index contributed by atoms with van der Waals surface area (Å²) in [6.07, 6.45) is 0. The highest BCUT2D eigenvalue weighted by Gasteiger charge is 2.25. The Bertz CT molecular complexity index is 772. The second kappa shape index (κ2) is 6.58. The largest absolute Gasteiger partial charge is 0.243 e. The van der Waals surface area contributed by atoms with Gasteiger partial charge in [-0.15, -0.1) is 0 Å². The molecule has 0 spiro atoms. The van der Waals surface area contributed by atoms with Gasteiger partial charge in [0.25, 0.3) is 0 Å². The van der Waals surface area contributed by atoms with Gasteiger partial charge in [-0.2, -0.15) is 4.31 Å². The molecule has 0 radical (unpaired) electrons. The minimum absolute atomic E-state index is 0.157. The highest BCUT2D eigenvalue weighted by Crippen LogP contribution is 2.23. The summed E-state index contributed by atoms with van der Waals surface area (Å²) in [6.45, 7) is 5.90. The van der Waals surface area contributed by atoms with E-state index in [1.165, 1.54) is 16.4 Å². The van der Waals surface area contributed by atoms with Gasteiger partial charge in [-0.25, -0.2) is 12.8 Å². The predicted octanol–water partition coefficient (Wildman–Crippen LogP) is 3.65. The van der Waals surface area contributed by atoms with Crippen LogP contribution in [0.2, 0.25) is 0 Å². The first kappa shape index (κ1) is 16.6. The molecule has 2 rings (SSSR count). The van der Waals surface area contributed by atoms with Gasteiger partial charge in [0.05, 0.1) is 4.90 Å². The summed E-state index contributed by atoms with van der Waals surface area (Å²) in [5.41, 5.74) is 2.24. The molecule has 0 saturated heterocycles. The first-order valence-electron chi connectivity index (χ1n) is 7.16. The van der Waals surface area contributed by atoms with Crippen LogP contribution in [0.1, 0.15) is 23.6 Å². The molecule has 5 heteroatoms. The van der Waals surface area contributed by atoms with Crippen molar-refractivity contribution in [2.24, 2.45) is 0 Å². The molecule has 0 bridgehead atoms. The fourth-order valence-electron chi connectivity index (χ4n) is 2.33. The molecule has 0 amide bonds. The second-order valence-electron chi connectivity index (χ2n) is 5.33. The van der Waals surface area contributed by atoms with Crippen molar-refractivity contribution in [2.75, 3.05) is 6.54 Å². The van der Waals surface area contributed by atoms with Gasteiger partial charge in [-0.3, -0.25) is 0 Å². The lowest BCUT2D eigenvalue weighted by molar-refractivity contribution is 0.422. The summed E-state index contributed by atoms with van der Waals surface area (Å²) in [4.78, 5) is 0.311. The van der Waals surface area contributed by atoms with Crippen LogP contribution >= 0.6 is 0 Å². The molecule has 0 unspecified atom stereocenters. The van der Waals surface area contributed by atoms with Crippen molar-refractivity contribution in [3.05, 3.63) is 65.0 Å². The van der Waals surface area contributed by atoms with Gasteiger partial charge >= 0.3 is 0 Å². The highest BCUT2D eigenvalue weighted by molar-refractivity contribution is 7.89. The number of rotatable bonds is 5. The summed E-state index contributed by atoms with van der Waals surface area (Å²) >= 11 is 0. The fourth-order valence-corrected chi connectivity index (χ4v) is 4.08. The Morgan fingerprint density at radius 2 is 1.82 bits per heavy atom. The van der Waals surface area contributed by atoms with Gasteiger partial charge in [-0.1, -0.05) is 31.2 Å². The Hall–Kier alpha value is -1.72. The summed E-state index contributed by atoms with van der Waals surface area (Å²) in [7, 11) is -3.60. The van der Waals surface area contributed by atoms with Crippen LogP contribution in [0.25, 0.3) is 0 Å². The SMILES string of the molecule is CCN(Cc1cccc(F)c1)S(=O)(=O)c1cc(C)ccc1C. The van der Waals surface area contributed by atoms with Crippen LogP contribution in [0.3, 0.4) is 0 Å². The molecule has 0 aliphatic carbocycles. The number of nitrogens with zero attached hydrogens (tertiary/aromatic N) is 1. The van der Waals surface area contributed by atoms with Crippen molar-refractivity contribution < 1.29 is 12.8 Å². The number of benzene rings is 2. The number of hydrogen-bond acceptors (Lipinski definition) is 2. The van der Waals surface area contributed by atoms with E-state index in [1.54, 1.807) is 38.1 Å². The maximum atomic E-state index is 13.3. The standard InChI is InChI=1S/C17H20FNO2S/c1-4-19(12-15-6-5-7-16(18)11-15)22(20,21)17-10-13(2)8-9-14(17)3/h5-11H,4,12H2,1-3H3. The van der Waals surface area contributed by atoms with E-state index in [2.05, 4.69) is 0 Å². The molecular weight excluding hydrogens is 301 g/mol. The van der Waals surface area contributed by atoms with E-state index in [1.807, 2.05) is 13.0 Å². The van der Waals surface area contributed by atoms with E-state index in [9.17, 15) is 12.8 Å². The normalized spacial score (nSPS) is 11.9. The van der Waals surface area contributed by atoms with Crippen LogP contribution in [0, 0.1) is 19.7 Å². The summed E-state index contributed by atoms with van der Waals surface area (Å²) < 4.78 is 40.4. The first-order valence-corrected chi connectivity index (χ1v) is 8.60. The zero-order valence-electron chi connectivity index (χ0n) is 13.0. The van der Waals surface area contributed by atoms with Gasteiger partial charge in [0.15, 0.2) is 0 Å². The molecule has 2 aromatic rings. The van der Waals surface area contributed by atoms with Crippen LogP contribution < -0.4 is 0 Å².